The summed E-state index contributed by atoms with van der Waals surface area (Å²) in [6.45, 7) is 1.68. The number of fused-ring (bicyclic) bond motifs is 1. The van der Waals surface area contributed by atoms with E-state index in [1.54, 1.807) is 13.0 Å². The van der Waals surface area contributed by atoms with Crippen molar-refractivity contribution >= 4 is 28.0 Å². The molecule has 0 atom stereocenters. The fourth-order valence-corrected chi connectivity index (χ4v) is 2.46. The molecule has 0 unspecified atom stereocenters. The number of hydrogen-bond donors (Lipinski definition) is 1. The third-order valence-electron chi connectivity index (χ3n) is 3.62. The highest BCUT2D eigenvalue weighted by Crippen LogP contribution is 2.34. The molecule has 0 bridgehead atoms. The Morgan fingerprint density at radius 2 is 1.76 bits per heavy atom. The summed E-state index contributed by atoms with van der Waals surface area (Å²) in [6, 6.07) is 10.8. The van der Waals surface area contributed by atoms with Gasteiger partial charge in [-0.2, -0.15) is 13.2 Å². The second kappa shape index (κ2) is 6.04. The van der Waals surface area contributed by atoms with E-state index in [4.69, 9.17) is 0 Å². The van der Waals surface area contributed by atoms with Crippen molar-refractivity contribution in [1.82, 2.24) is 4.98 Å². The average molecular weight is 347 g/mol. The molecule has 8 heteroatoms. The van der Waals surface area contributed by atoms with Crippen molar-refractivity contribution in [1.29, 1.82) is 0 Å². The summed E-state index contributed by atoms with van der Waals surface area (Å²) in [5.41, 5.74) is 1.12. The van der Waals surface area contributed by atoms with E-state index in [9.17, 15) is 23.3 Å². The Kier molecular flexibility index (Phi) is 4.03. The van der Waals surface area contributed by atoms with E-state index in [1.807, 2.05) is 0 Å². The van der Waals surface area contributed by atoms with Gasteiger partial charge in [-0.1, -0.05) is 6.07 Å². The van der Waals surface area contributed by atoms with Crippen LogP contribution < -0.4 is 5.32 Å². The first kappa shape index (κ1) is 16.7. The molecule has 2 aromatic carbocycles. The Morgan fingerprint density at radius 3 is 2.36 bits per heavy atom. The van der Waals surface area contributed by atoms with Crippen molar-refractivity contribution in [2.24, 2.45) is 0 Å². The molecule has 3 aromatic rings. The van der Waals surface area contributed by atoms with Crippen molar-refractivity contribution in [2.45, 2.75) is 13.1 Å². The fraction of sp³-hybridized carbons (Fsp3) is 0.118. The maximum atomic E-state index is 12.9. The lowest BCUT2D eigenvalue weighted by Crippen LogP contribution is -2.05. The van der Waals surface area contributed by atoms with Gasteiger partial charge in [0.05, 0.1) is 16.0 Å². The zero-order chi connectivity index (χ0) is 18.2. The largest absolute Gasteiger partial charge is 0.416 e. The van der Waals surface area contributed by atoms with Crippen LogP contribution in [0.15, 0.2) is 48.5 Å². The minimum absolute atomic E-state index is 0.0452. The number of pyridine rings is 1. The molecule has 3 rings (SSSR count). The lowest BCUT2D eigenvalue weighted by molar-refractivity contribution is -0.384. The average Bonchev–Trinajstić information content (AvgIpc) is 2.53. The summed E-state index contributed by atoms with van der Waals surface area (Å²) >= 11 is 0. The lowest BCUT2D eigenvalue weighted by atomic mass is 10.1. The molecule has 128 valence electrons. The van der Waals surface area contributed by atoms with Gasteiger partial charge in [-0.15, -0.1) is 0 Å². The van der Waals surface area contributed by atoms with Crippen LogP contribution in [-0.4, -0.2) is 9.91 Å². The summed E-state index contributed by atoms with van der Waals surface area (Å²) in [7, 11) is 0. The number of anilines is 2. The molecule has 0 fully saturated rings. The first-order valence-corrected chi connectivity index (χ1v) is 7.24. The summed E-state index contributed by atoms with van der Waals surface area (Å²) < 4.78 is 38.6. The predicted molar refractivity (Wildman–Crippen MR) is 87.9 cm³/mol. The van der Waals surface area contributed by atoms with Crippen LogP contribution in [0.5, 0.6) is 0 Å². The maximum Gasteiger partial charge on any atom is 0.416 e. The van der Waals surface area contributed by atoms with Gasteiger partial charge in [-0.3, -0.25) is 15.1 Å². The number of hydrogen-bond acceptors (Lipinski definition) is 4. The highest BCUT2D eigenvalue weighted by Gasteiger charge is 2.30. The van der Waals surface area contributed by atoms with E-state index in [-0.39, 0.29) is 11.2 Å². The molecule has 0 aliphatic carbocycles. The van der Waals surface area contributed by atoms with Crippen LogP contribution in [0.4, 0.5) is 30.2 Å². The first-order valence-electron chi connectivity index (χ1n) is 7.24. The van der Waals surface area contributed by atoms with Crippen LogP contribution >= 0.6 is 0 Å². The number of non-ortho nitro benzene ring substituents is 1. The van der Waals surface area contributed by atoms with Crippen molar-refractivity contribution in [2.75, 3.05) is 5.32 Å². The Morgan fingerprint density at radius 1 is 1.08 bits per heavy atom. The second-order valence-corrected chi connectivity index (χ2v) is 5.47. The van der Waals surface area contributed by atoms with E-state index in [1.165, 1.54) is 30.3 Å². The standard InChI is InChI=1S/C17H12F3N3O2/c1-10-8-15(22-12-3-5-13(6-4-12)23(24)25)14-7-2-11(17(18,19)20)9-16(14)21-10/h2-9H,1H3,(H,21,22). The van der Waals surface area contributed by atoms with Crippen LogP contribution in [0, 0.1) is 17.0 Å². The molecule has 0 saturated heterocycles. The predicted octanol–water partition coefficient (Wildman–Crippen LogP) is 5.21. The zero-order valence-electron chi connectivity index (χ0n) is 13.0. The molecule has 25 heavy (non-hydrogen) atoms. The van der Waals surface area contributed by atoms with E-state index >= 15 is 0 Å². The summed E-state index contributed by atoms with van der Waals surface area (Å²) in [5, 5.41) is 14.3. The van der Waals surface area contributed by atoms with Gasteiger partial charge in [0, 0.05) is 34.6 Å². The van der Waals surface area contributed by atoms with Gasteiger partial charge in [0.2, 0.25) is 0 Å². The van der Waals surface area contributed by atoms with Gasteiger partial charge in [0.15, 0.2) is 0 Å². The normalized spacial score (nSPS) is 11.5. The molecule has 0 spiro atoms. The minimum atomic E-state index is -4.44. The van der Waals surface area contributed by atoms with Crippen molar-refractivity contribution in [3.63, 3.8) is 0 Å². The third-order valence-corrected chi connectivity index (χ3v) is 3.62. The second-order valence-electron chi connectivity index (χ2n) is 5.47. The molecule has 1 heterocycles. The van der Waals surface area contributed by atoms with Gasteiger partial charge < -0.3 is 5.32 Å². The number of nitro groups is 1. The van der Waals surface area contributed by atoms with Gasteiger partial charge in [-0.25, -0.2) is 0 Å². The van der Waals surface area contributed by atoms with Crippen molar-refractivity contribution in [3.05, 3.63) is 69.9 Å². The van der Waals surface area contributed by atoms with Crippen LogP contribution in [-0.2, 0) is 6.18 Å². The highest BCUT2D eigenvalue weighted by atomic mass is 19.4. The van der Waals surface area contributed by atoms with Gasteiger partial charge in [0.25, 0.3) is 5.69 Å². The van der Waals surface area contributed by atoms with Crippen LogP contribution in [0.1, 0.15) is 11.3 Å². The molecule has 1 N–H and O–H groups in total. The number of benzene rings is 2. The van der Waals surface area contributed by atoms with Gasteiger partial charge in [0.1, 0.15) is 0 Å². The maximum absolute atomic E-state index is 12.9. The Bertz CT molecular complexity index is 954. The van der Waals surface area contributed by atoms with Crippen LogP contribution in [0.3, 0.4) is 0 Å². The van der Waals surface area contributed by atoms with Crippen LogP contribution in [0.2, 0.25) is 0 Å². The van der Waals surface area contributed by atoms with E-state index < -0.39 is 16.7 Å². The number of nitrogens with zero attached hydrogens (tertiary/aromatic N) is 2. The zero-order valence-corrected chi connectivity index (χ0v) is 13.0. The number of nitrogens with one attached hydrogen (secondary N) is 1. The minimum Gasteiger partial charge on any atom is -0.355 e. The molecular weight excluding hydrogens is 335 g/mol. The number of halogens is 3. The van der Waals surface area contributed by atoms with E-state index in [2.05, 4.69) is 10.3 Å². The Hall–Kier alpha value is -3.16. The molecule has 5 nitrogen and oxygen atoms in total. The molecular formula is C17H12F3N3O2. The lowest BCUT2D eigenvalue weighted by Gasteiger charge is -2.13. The molecule has 0 radical (unpaired) electrons. The quantitative estimate of drug-likeness (QED) is 0.521. The summed E-state index contributed by atoms with van der Waals surface area (Å²) in [4.78, 5) is 14.3. The number of aromatic nitrogens is 1. The highest BCUT2D eigenvalue weighted by molar-refractivity contribution is 5.93. The van der Waals surface area contributed by atoms with E-state index in [0.717, 1.165) is 12.1 Å². The Balaban J connectivity index is 2.02. The van der Waals surface area contributed by atoms with Crippen molar-refractivity contribution < 1.29 is 18.1 Å². The number of nitro benzene ring substituents is 1. The monoisotopic (exact) mass is 347 g/mol. The SMILES string of the molecule is Cc1cc(Nc2ccc([N+](=O)[O-])cc2)c2ccc(C(F)(F)F)cc2n1. The fourth-order valence-electron chi connectivity index (χ4n) is 2.46. The summed E-state index contributed by atoms with van der Waals surface area (Å²) in [5.74, 6) is 0. The molecule has 0 amide bonds. The molecule has 0 aliphatic rings. The molecule has 0 saturated carbocycles. The van der Waals surface area contributed by atoms with Crippen molar-refractivity contribution in [3.8, 4) is 0 Å². The summed E-state index contributed by atoms with van der Waals surface area (Å²) in [6.07, 6.45) is -4.44. The topological polar surface area (TPSA) is 68.1 Å². The molecule has 1 aromatic heterocycles. The van der Waals surface area contributed by atoms with Crippen LogP contribution in [0.25, 0.3) is 10.9 Å². The third kappa shape index (κ3) is 3.52. The number of aryl methyl sites for hydroxylation is 1. The van der Waals surface area contributed by atoms with E-state index in [0.29, 0.717) is 22.5 Å². The first-order chi connectivity index (χ1) is 11.7. The number of alkyl halides is 3. The van der Waals surface area contributed by atoms with Gasteiger partial charge >= 0.3 is 6.18 Å². The van der Waals surface area contributed by atoms with Gasteiger partial charge in [-0.05, 0) is 37.3 Å². The smallest absolute Gasteiger partial charge is 0.355 e. The number of rotatable bonds is 3. The Labute approximate surface area is 140 Å². The molecule has 0 aliphatic heterocycles.